The average Bonchev–Trinajstić information content (AvgIpc) is 3.02. The Bertz CT molecular complexity index is 540. The number of hydrogen-bond acceptors (Lipinski definition) is 3. The molecule has 21 heavy (non-hydrogen) atoms. The second kappa shape index (κ2) is 5.33. The summed E-state index contributed by atoms with van der Waals surface area (Å²) in [6.45, 7) is 6.87. The van der Waals surface area contributed by atoms with Gasteiger partial charge in [0, 0.05) is 31.2 Å². The number of likely N-dealkylation sites (tertiary alicyclic amines) is 1. The van der Waals surface area contributed by atoms with Crippen molar-refractivity contribution in [2.45, 2.75) is 38.8 Å². The fourth-order valence-electron chi connectivity index (χ4n) is 3.76. The van der Waals surface area contributed by atoms with E-state index in [4.69, 9.17) is 0 Å². The van der Waals surface area contributed by atoms with Crippen molar-refractivity contribution in [3.05, 3.63) is 17.7 Å². The predicted molar refractivity (Wildman–Crippen MR) is 79.4 cm³/mol. The maximum Gasteiger partial charge on any atom is 0.407 e. The monoisotopic (exact) mass is 292 g/mol. The Morgan fingerprint density at radius 1 is 1.43 bits per heavy atom. The molecular formula is C15H24N4O2. The van der Waals surface area contributed by atoms with Crippen LogP contribution in [-0.2, 0) is 6.42 Å². The first-order valence-corrected chi connectivity index (χ1v) is 7.72. The van der Waals surface area contributed by atoms with E-state index in [1.54, 1.807) is 4.90 Å². The topological polar surface area (TPSA) is 61.6 Å². The molecule has 2 atom stereocenters. The summed E-state index contributed by atoms with van der Waals surface area (Å²) in [4.78, 5) is 20.0. The molecule has 1 unspecified atom stereocenters. The van der Waals surface area contributed by atoms with Crippen LogP contribution in [0.25, 0.3) is 0 Å². The van der Waals surface area contributed by atoms with Gasteiger partial charge in [0.15, 0.2) is 0 Å². The van der Waals surface area contributed by atoms with Crippen molar-refractivity contribution in [1.29, 1.82) is 0 Å². The molecule has 3 rings (SSSR count). The van der Waals surface area contributed by atoms with Crippen molar-refractivity contribution in [2.75, 3.05) is 26.7 Å². The average molecular weight is 292 g/mol. The lowest BCUT2D eigenvalue weighted by Gasteiger charge is -2.36. The molecule has 0 bridgehead atoms. The minimum Gasteiger partial charge on any atom is -0.465 e. The van der Waals surface area contributed by atoms with Gasteiger partial charge in [-0.2, -0.15) is 0 Å². The standard InChI is InChI=1S/C15H24N4O2/c1-10(2)14-13-12(5-7-18(14)15(20)21)19(9-16-13)11-4-6-17(3)8-11/h9-11,14H,4-8H2,1-3H3,(H,20,21)/t11-,14?/m1/s1. The Morgan fingerprint density at radius 3 is 2.76 bits per heavy atom. The van der Waals surface area contributed by atoms with E-state index in [0.717, 1.165) is 31.6 Å². The lowest BCUT2D eigenvalue weighted by atomic mass is 9.93. The number of carbonyl (C=O) groups is 1. The SMILES string of the molecule is CC(C)C1c2ncn([C@@H]3CCN(C)C3)c2CCN1C(=O)O. The van der Waals surface area contributed by atoms with Crippen LogP contribution in [0, 0.1) is 5.92 Å². The second-order valence-electron chi connectivity index (χ2n) is 6.60. The van der Waals surface area contributed by atoms with Gasteiger partial charge >= 0.3 is 6.09 Å². The van der Waals surface area contributed by atoms with Crippen molar-refractivity contribution in [3.63, 3.8) is 0 Å². The molecule has 0 aliphatic carbocycles. The number of amides is 1. The van der Waals surface area contributed by atoms with Crippen LogP contribution in [-0.4, -0.2) is 57.2 Å². The maximum atomic E-state index is 11.5. The van der Waals surface area contributed by atoms with Gasteiger partial charge in [-0.3, -0.25) is 4.90 Å². The van der Waals surface area contributed by atoms with Gasteiger partial charge in [-0.1, -0.05) is 13.8 Å². The van der Waals surface area contributed by atoms with Crippen molar-refractivity contribution in [2.24, 2.45) is 5.92 Å². The van der Waals surface area contributed by atoms with Crippen LogP contribution in [0.4, 0.5) is 4.79 Å². The Kier molecular flexibility index (Phi) is 3.65. The van der Waals surface area contributed by atoms with E-state index in [1.165, 1.54) is 5.69 Å². The van der Waals surface area contributed by atoms with Gasteiger partial charge in [-0.25, -0.2) is 9.78 Å². The second-order valence-corrected chi connectivity index (χ2v) is 6.60. The highest BCUT2D eigenvalue weighted by Gasteiger charge is 2.37. The highest BCUT2D eigenvalue weighted by atomic mass is 16.4. The van der Waals surface area contributed by atoms with Crippen molar-refractivity contribution >= 4 is 6.09 Å². The van der Waals surface area contributed by atoms with Gasteiger partial charge < -0.3 is 14.6 Å². The summed E-state index contributed by atoms with van der Waals surface area (Å²) < 4.78 is 2.30. The summed E-state index contributed by atoms with van der Waals surface area (Å²) in [5.41, 5.74) is 2.21. The van der Waals surface area contributed by atoms with Crippen LogP contribution in [0.3, 0.4) is 0 Å². The zero-order valence-electron chi connectivity index (χ0n) is 13.0. The van der Waals surface area contributed by atoms with Crippen molar-refractivity contribution in [1.82, 2.24) is 19.4 Å². The number of carboxylic acid groups (broad SMARTS) is 1. The number of rotatable bonds is 2. The molecule has 1 aromatic rings. The fraction of sp³-hybridized carbons (Fsp3) is 0.733. The molecule has 2 aliphatic heterocycles. The molecule has 1 amide bonds. The molecule has 0 aromatic carbocycles. The molecule has 0 radical (unpaired) electrons. The van der Waals surface area contributed by atoms with Crippen LogP contribution >= 0.6 is 0 Å². The van der Waals surface area contributed by atoms with Gasteiger partial charge in [0.05, 0.1) is 18.1 Å². The molecule has 2 aliphatic rings. The highest BCUT2D eigenvalue weighted by Crippen LogP contribution is 2.36. The van der Waals surface area contributed by atoms with E-state index in [2.05, 4.69) is 35.3 Å². The lowest BCUT2D eigenvalue weighted by molar-refractivity contribution is 0.102. The minimum atomic E-state index is -0.838. The number of aromatic nitrogens is 2. The van der Waals surface area contributed by atoms with Gasteiger partial charge in [0.25, 0.3) is 0 Å². The van der Waals surface area contributed by atoms with Gasteiger partial charge in [-0.05, 0) is 25.9 Å². The van der Waals surface area contributed by atoms with Gasteiger partial charge in [0.1, 0.15) is 0 Å². The molecule has 3 heterocycles. The first kappa shape index (κ1) is 14.4. The summed E-state index contributed by atoms with van der Waals surface area (Å²) in [7, 11) is 2.15. The number of nitrogens with zero attached hydrogens (tertiary/aromatic N) is 4. The number of hydrogen-bond donors (Lipinski definition) is 1. The quantitative estimate of drug-likeness (QED) is 0.905. The smallest absolute Gasteiger partial charge is 0.407 e. The van der Waals surface area contributed by atoms with Crippen LogP contribution in [0.5, 0.6) is 0 Å². The molecule has 0 spiro atoms. The fourth-order valence-corrected chi connectivity index (χ4v) is 3.76. The normalized spacial score (nSPS) is 26.4. The van der Waals surface area contributed by atoms with Crippen LogP contribution in [0.15, 0.2) is 6.33 Å². The van der Waals surface area contributed by atoms with E-state index in [9.17, 15) is 9.90 Å². The Morgan fingerprint density at radius 2 is 2.19 bits per heavy atom. The largest absolute Gasteiger partial charge is 0.465 e. The zero-order chi connectivity index (χ0) is 15.1. The van der Waals surface area contributed by atoms with E-state index in [1.807, 2.05) is 6.33 Å². The van der Waals surface area contributed by atoms with Crippen LogP contribution in [0.2, 0.25) is 0 Å². The van der Waals surface area contributed by atoms with E-state index in [-0.39, 0.29) is 12.0 Å². The molecular weight excluding hydrogens is 268 g/mol. The number of fused-ring (bicyclic) bond motifs is 1. The summed E-state index contributed by atoms with van der Waals surface area (Å²) >= 11 is 0. The third-order valence-corrected chi connectivity index (χ3v) is 4.77. The molecule has 1 N–H and O–H groups in total. The third-order valence-electron chi connectivity index (χ3n) is 4.77. The molecule has 6 nitrogen and oxygen atoms in total. The predicted octanol–water partition coefficient (Wildman–Crippen LogP) is 1.99. The zero-order valence-corrected chi connectivity index (χ0v) is 13.0. The molecule has 1 aromatic heterocycles. The Balaban J connectivity index is 1.94. The summed E-state index contributed by atoms with van der Waals surface area (Å²) in [6.07, 6.45) is 3.00. The van der Waals surface area contributed by atoms with Gasteiger partial charge in [0.2, 0.25) is 0 Å². The first-order chi connectivity index (χ1) is 9.99. The van der Waals surface area contributed by atoms with Crippen molar-refractivity contribution < 1.29 is 9.90 Å². The summed E-state index contributed by atoms with van der Waals surface area (Å²) in [6, 6.07) is 0.363. The third kappa shape index (κ3) is 2.41. The maximum absolute atomic E-state index is 11.5. The van der Waals surface area contributed by atoms with Crippen LogP contribution in [0.1, 0.15) is 43.7 Å². The number of likely N-dealkylation sites (N-methyl/N-ethyl adjacent to an activating group) is 1. The molecule has 0 saturated carbocycles. The van der Waals surface area contributed by atoms with Crippen LogP contribution < -0.4 is 0 Å². The number of imidazole rings is 1. The van der Waals surface area contributed by atoms with E-state index >= 15 is 0 Å². The van der Waals surface area contributed by atoms with Crippen molar-refractivity contribution in [3.8, 4) is 0 Å². The molecule has 6 heteroatoms. The molecule has 116 valence electrons. The Labute approximate surface area is 125 Å². The first-order valence-electron chi connectivity index (χ1n) is 7.72. The summed E-state index contributed by atoms with van der Waals surface area (Å²) in [5.74, 6) is 0.231. The van der Waals surface area contributed by atoms with E-state index in [0.29, 0.717) is 12.6 Å². The Hall–Kier alpha value is -1.56. The lowest BCUT2D eigenvalue weighted by Crippen LogP contribution is -2.42. The highest BCUT2D eigenvalue weighted by molar-refractivity contribution is 5.66. The van der Waals surface area contributed by atoms with Gasteiger partial charge in [-0.15, -0.1) is 0 Å². The molecule has 1 fully saturated rings. The minimum absolute atomic E-state index is 0.119. The molecule has 1 saturated heterocycles. The summed E-state index contributed by atoms with van der Waals surface area (Å²) in [5, 5.41) is 9.42. The van der Waals surface area contributed by atoms with E-state index < -0.39 is 6.09 Å².